The molecule has 3 aromatic rings. The highest BCUT2D eigenvalue weighted by Gasteiger charge is 2.32. The highest BCUT2D eigenvalue weighted by Crippen LogP contribution is 2.31. The molecule has 0 saturated carbocycles. The van der Waals surface area contributed by atoms with E-state index in [0.717, 1.165) is 48.8 Å². The molecular weight excluding hydrogens is 475 g/mol. The summed E-state index contributed by atoms with van der Waals surface area (Å²) in [5, 5.41) is 1.05. The Morgan fingerprint density at radius 3 is 2.40 bits per heavy atom. The number of ketones is 1. The number of rotatable bonds is 6. The molecule has 2 saturated heterocycles. The number of amides is 1. The second-order valence-corrected chi connectivity index (χ2v) is 8.87. The van der Waals surface area contributed by atoms with Crippen molar-refractivity contribution in [1.29, 1.82) is 0 Å². The minimum absolute atomic E-state index is 0.0448. The summed E-state index contributed by atoms with van der Waals surface area (Å²) in [6, 6.07) is 0. The third-order valence-electron chi connectivity index (χ3n) is 6.30. The Morgan fingerprint density at radius 2 is 1.74 bits per heavy atom. The Balaban J connectivity index is 1.31. The van der Waals surface area contributed by atoms with Crippen LogP contribution in [0.5, 0.6) is 0 Å². The van der Waals surface area contributed by atoms with Crippen LogP contribution in [-0.2, 0) is 4.79 Å². The van der Waals surface area contributed by atoms with Crippen LogP contribution in [0.4, 0.5) is 21.8 Å². The fraction of sp³-hybridized carbons (Fsp3) is 0.381. The largest absolute Gasteiger partial charge is 0.403 e. The predicted octanol–water partition coefficient (Wildman–Crippen LogP) is 0.795. The number of carbonyl (C=O) groups excluding carboxylic acids is 2. The van der Waals surface area contributed by atoms with E-state index in [9.17, 15) is 14.0 Å². The summed E-state index contributed by atoms with van der Waals surface area (Å²) in [4.78, 5) is 38.7. The third-order valence-corrected chi connectivity index (χ3v) is 6.81. The Kier molecular flexibility index (Phi) is 6.21. The third kappa shape index (κ3) is 4.14. The summed E-state index contributed by atoms with van der Waals surface area (Å²) < 4.78 is 23.6. The van der Waals surface area contributed by atoms with Crippen LogP contribution in [0.1, 0.15) is 23.2 Å². The molecular formula is C21H25FN10O2S. The zero-order valence-corrected chi connectivity index (χ0v) is 19.7. The lowest BCUT2D eigenvalue weighted by Gasteiger charge is -2.35. The van der Waals surface area contributed by atoms with Gasteiger partial charge in [0.25, 0.3) is 11.7 Å². The number of nitrogens with two attached hydrogens (primary N) is 2. The average molecular weight is 501 g/mol. The molecule has 0 radical (unpaired) electrons. The Morgan fingerprint density at radius 1 is 1.09 bits per heavy atom. The molecule has 14 heteroatoms. The molecule has 0 aromatic carbocycles. The fourth-order valence-corrected chi connectivity index (χ4v) is 5.11. The first-order valence-corrected chi connectivity index (χ1v) is 12.0. The lowest BCUT2D eigenvalue weighted by Crippen LogP contribution is -2.51. The van der Waals surface area contributed by atoms with Crippen molar-refractivity contribution in [3.63, 3.8) is 0 Å². The number of nitrogens with one attached hydrogen (secondary N) is 1. The number of fused-ring (bicyclic) bond motifs is 1. The number of hydrazine groups is 1. The Hall–Kier alpha value is -3.78. The number of halogens is 1. The smallest absolute Gasteiger partial charge is 0.295 e. The number of pyridine rings is 1. The van der Waals surface area contributed by atoms with E-state index < -0.39 is 17.5 Å². The molecule has 35 heavy (non-hydrogen) atoms. The van der Waals surface area contributed by atoms with Gasteiger partial charge in [-0.05, 0) is 12.8 Å². The van der Waals surface area contributed by atoms with Gasteiger partial charge in [0, 0.05) is 57.9 Å². The summed E-state index contributed by atoms with van der Waals surface area (Å²) in [6.07, 6.45) is 7.07. The van der Waals surface area contributed by atoms with E-state index in [4.69, 9.17) is 11.6 Å². The lowest BCUT2D eigenvalue weighted by molar-refractivity contribution is -0.126. The van der Waals surface area contributed by atoms with E-state index in [1.54, 1.807) is 0 Å². The number of nitrogens with zero attached hydrogens (tertiary/aromatic N) is 7. The van der Waals surface area contributed by atoms with Gasteiger partial charge in [0.1, 0.15) is 0 Å². The molecule has 0 bridgehead atoms. The first kappa shape index (κ1) is 23.0. The van der Waals surface area contributed by atoms with E-state index in [0.29, 0.717) is 26.2 Å². The van der Waals surface area contributed by atoms with Crippen molar-refractivity contribution in [3.05, 3.63) is 36.2 Å². The van der Waals surface area contributed by atoms with Gasteiger partial charge in [-0.3, -0.25) is 14.6 Å². The number of piperazine rings is 1. The Labute approximate surface area is 204 Å². The van der Waals surface area contributed by atoms with E-state index in [2.05, 4.69) is 28.5 Å². The second-order valence-electron chi connectivity index (χ2n) is 8.34. The zero-order valence-electron chi connectivity index (χ0n) is 18.9. The number of anilines is 3. The van der Waals surface area contributed by atoms with Crippen LogP contribution in [0.3, 0.4) is 0 Å². The summed E-state index contributed by atoms with van der Waals surface area (Å²) in [5.74, 6) is 5.53. The maximum absolute atomic E-state index is 14.7. The van der Waals surface area contributed by atoms with Gasteiger partial charge in [-0.25, -0.2) is 15.2 Å². The molecule has 5 N–H and O–H groups in total. The number of hydrogen-bond acceptors (Lipinski definition) is 11. The summed E-state index contributed by atoms with van der Waals surface area (Å²) in [6.45, 7) is 3.67. The van der Waals surface area contributed by atoms with Crippen molar-refractivity contribution in [2.75, 3.05) is 54.1 Å². The van der Waals surface area contributed by atoms with Crippen molar-refractivity contribution in [1.82, 2.24) is 23.6 Å². The normalized spacial score (nSPS) is 16.6. The van der Waals surface area contributed by atoms with Crippen LogP contribution in [0.2, 0.25) is 0 Å². The molecule has 12 nitrogen and oxygen atoms in total. The van der Waals surface area contributed by atoms with Crippen LogP contribution in [-0.4, -0.2) is 74.6 Å². The van der Waals surface area contributed by atoms with Crippen molar-refractivity contribution in [2.45, 2.75) is 12.8 Å². The van der Waals surface area contributed by atoms with Crippen molar-refractivity contribution >= 4 is 51.8 Å². The maximum atomic E-state index is 14.7. The van der Waals surface area contributed by atoms with Crippen LogP contribution in [0.25, 0.3) is 10.9 Å². The molecule has 5 rings (SSSR count). The monoisotopic (exact) mass is 500 g/mol. The van der Waals surface area contributed by atoms with Gasteiger partial charge < -0.3 is 25.4 Å². The van der Waals surface area contributed by atoms with Crippen LogP contribution >= 0.6 is 11.7 Å². The van der Waals surface area contributed by atoms with E-state index >= 15 is 0 Å². The molecule has 184 valence electrons. The molecule has 1 amide bonds. The standard InChI is InChI=1S/C21H25FN10O2S/c22-14-12-26-18(32(24)6-3-23)16-15(14)13(11-25-16)17(33)21(34)31-9-7-30(8-10-31)20-19(27-35-28-20)29-4-1-2-5-29/h3,6,11-12,25H,1-2,4-5,7-10,23-24H2/b6-3-. The number of H-pyrrole nitrogens is 1. The minimum Gasteiger partial charge on any atom is -0.403 e. The van der Waals surface area contributed by atoms with Crippen LogP contribution in [0, 0.1) is 5.82 Å². The molecule has 0 aliphatic carbocycles. The van der Waals surface area contributed by atoms with Gasteiger partial charge in [0.2, 0.25) is 0 Å². The molecule has 2 fully saturated rings. The molecule has 2 aliphatic heterocycles. The first-order chi connectivity index (χ1) is 17.0. The Bertz CT molecular complexity index is 1280. The molecule has 0 unspecified atom stereocenters. The van der Waals surface area contributed by atoms with Gasteiger partial charge in [-0.2, -0.15) is 8.75 Å². The summed E-state index contributed by atoms with van der Waals surface area (Å²) in [7, 11) is 0. The molecule has 5 heterocycles. The average Bonchev–Trinajstić information content (AvgIpc) is 3.64. The van der Waals surface area contributed by atoms with Gasteiger partial charge >= 0.3 is 0 Å². The van der Waals surface area contributed by atoms with Gasteiger partial charge in [0.15, 0.2) is 23.3 Å². The van der Waals surface area contributed by atoms with Crippen molar-refractivity contribution < 1.29 is 14.0 Å². The molecule has 2 aliphatic rings. The predicted molar refractivity (Wildman–Crippen MR) is 131 cm³/mol. The van der Waals surface area contributed by atoms with Gasteiger partial charge in [0.05, 0.1) is 34.4 Å². The van der Waals surface area contributed by atoms with Gasteiger partial charge in [-0.1, -0.05) is 0 Å². The number of carbonyl (C=O) groups is 2. The summed E-state index contributed by atoms with van der Waals surface area (Å²) in [5.41, 5.74) is 5.49. The fourth-order valence-electron chi connectivity index (χ4n) is 4.52. The number of aromatic amines is 1. The minimum atomic E-state index is -0.799. The van der Waals surface area contributed by atoms with Crippen molar-refractivity contribution in [3.8, 4) is 0 Å². The number of aromatic nitrogens is 4. The topological polar surface area (TPSA) is 154 Å². The number of hydrogen-bond donors (Lipinski definition) is 3. The zero-order chi connectivity index (χ0) is 24.5. The van der Waals surface area contributed by atoms with E-state index in [-0.39, 0.29) is 22.3 Å². The van der Waals surface area contributed by atoms with E-state index in [1.807, 2.05) is 0 Å². The van der Waals surface area contributed by atoms with E-state index in [1.165, 1.54) is 35.2 Å². The highest BCUT2D eigenvalue weighted by molar-refractivity contribution is 6.99. The maximum Gasteiger partial charge on any atom is 0.295 e. The first-order valence-electron chi connectivity index (χ1n) is 11.2. The van der Waals surface area contributed by atoms with Gasteiger partial charge in [-0.15, -0.1) is 0 Å². The number of Topliss-reactive ketones (excluding diaryl/α,β-unsaturated/α-hetero) is 1. The molecule has 0 spiro atoms. The van der Waals surface area contributed by atoms with Crippen LogP contribution < -0.4 is 26.4 Å². The molecule has 3 aromatic heterocycles. The quantitative estimate of drug-likeness (QED) is 0.192. The van der Waals surface area contributed by atoms with Crippen LogP contribution in [0.15, 0.2) is 24.8 Å². The second kappa shape index (κ2) is 9.46. The summed E-state index contributed by atoms with van der Waals surface area (Å²) >= 11 is 1.18. The lowest BCUT2D eigenvalue weighted by atomic mass is 10.1. The SMILES string of the molecule is N/C=C\N(N)c1ncc(F)c2c(C(=O)C(=O)N3CCN(c4nsnc4N4CCCC4)CC3)c[nH]c12. The highest BCUT2D eigenvalue weighted by atomic mass is 32.1. The molecule has 0 atom stereocenters. The van der Waals surface area contributed by atoms with Crippen molar-refractivity contribution in [2.24, 2.45) is 11.6 Å².